The maximum Gasteiger partial charge on any atom is 0.251 e. The van der Waals surface area contributed by atoms with E-state index in [1.807, 2.05) is 48.7 Å². The lowest BCUT2D eigenvalue weighted by atomic mass is 9.84. The number of pyridine rings is 1. The zero-order valence-electron chi connectivity index (χ0n) is 22.2. The van der Waals surface area contributed by atoms with Gasteiger partial charge in [-0.1, -0.05) is 29.8 Å². The standard InChI is InChI=1S/C30H35N7O2/c1-21-4-8-24(9-5-21)30(39)13-17-36(18-14-30)26-3-2-16-37-27(26)34-29(35-37)33-25-10-6-23(7-11-25)28(38)32-20-22-12-15-31-19-22/h2-11,16,22,31,39H,12-15,17-20H2,1H3,(H,32,38)(H,33,35). The van der Waals surface area contributed by atoms with Gasteiger partial charge in [-0.25, -0.2) is 4.52 Å². The molecule has 1 unspecified atom stereocenters. The lowest BCUT2D eigenvalue weighted by Gasteiger charge is -2.39. The van der Waals surface area contributed by atoms with Crippen LogP contribution < -0.4 is 20.9 Å². The molecule has 2 saturated heterocycles. The van der Waals surface area contributed by atoms with E-state index in [0.717, 1.165) is 55.2 Å². The Bertz CT molecular complexity index is 1430. The second-order valence-electron chi connectivity index (χ2n) is 10.8. The lowest BCUT2D eigenvalue weighted by molar-refractivity contribution is 0.0118. The quantitative estimate of drug-likeness (QED) is 0.292. The SMILES string of the molecule is Cc1ccc(C2(O)CCN(c3cccn4nc(Nc5ccc(C(=O)NCC6CCNC6)cc5)nc34)CC2)cc1. The van der Waals surface area contributed by atoms with Crippen LogP contribution in [0.25, 0.3) is 5.65 Å². The van der Waals surface area contributed by atoms with Crippen LogP contribution in [0.4, 0.5) is 17.3 Å². The van der Waals surface area contributed by atoms with Crippen LogP contribution in [0, 0.1) is 12.8 Å². The van der Waals surface area contributed by atoms with E-state index in [0.29, 0.717) is 36.8 Å². The summed E-state index contributed by atoms with van der Waals surface area (Å²) in [5.74, 6) is 0.937. The molecule has 4 aromatic rings. The Morgan fingerprint density at radius 3 is 2.59 bits per heavy atom. The molecule has 1 atom stereocenters. The summed E-state index contributed by atoms with van der Waals surface area (Å²) in [4.78, 5) is 19.5. The van der Waals surface area contributed by atoms with Crippen LogP contribution in [0.3, 0.4) is 0 Å². The van der Waals surface area contributed by atoms with E-state index in [1.165, 1.54) is 5.56 Å². The largest absolute Gasteiger partial charge is 0.385 e. The van der Waals surface area contributed by atoms with Gasteiger partial charge in [0.2, 0.25) is 5.95 Å². The first kappa shape index (κ1) is 25.3. The number of nitrogens with one attached hydrogen (secondary N) is 3. The van der Waals surface area contributed by atoms with Gasteiger partial charge in [-0.05, 0) is 87.2 Å². The Hall–Kier alpha value is -3.95. The van der Waals surface area contributed by atoms with Crippen molar-refractivity contribution >= 4 is 28.9 Å². The average molecular weight is 526 g/mol. The molecule has 2 aliphatic heterocycles. The van der Waals surface area contributed by atoms with Gasteiger partial charge < -0.3 is 26.0 Å². The van der Waals surface area contributed by atoms with E-state index in [9.17, 15) is 9.90 Å². The fraction of sp³-hybridized carbons (Fsp3) is 0.367. The first-order valence-corrected chi connectivity index (χ1v) is 13.7. The zero-order chi connectivity index (χ0) is 26.8. The number of fused-ring (bicyclic) bond motifs is 1. The summed E-state index contributed by atoms with van der Waals surface area (Å²) in [5, 5.41) is 25.5. The average Bonchev–Trinajstić information content (AvgIpc) is 3.62. The number of nitrogens with zero attached hydrogens (tertiary/aromatic N) is 4. The molecule has 2 aromatic carbocycles. The molecule has 9 heteroatoms. The number of aliphatic hydroxyl groups is 1. The summed E-state index contributed by atoms with van der Waals surface area (Å²) in [6.45, 7) is 6.19. The van der Waals surface area contributed by atoms with E-state index < -0.39 is 5.60 Å². The van der Waals surface area contributed by atoms with E-state index in [4.69, 9.17) is 4.98 Å². The fourth-order valence-electron chi connectivity index (χ4n) is 5.52. The van der Waals surface area contributed by atoms with Gasteiger partial charge in [-0.15, -0.1) is 5.10 Å². The van der Waals surface area contributed by atoms with Crippen molar-refractivity contribution in [3.8, 4) is 0 Å². The van der Waals surface area contributed by atoms with Crippen molar-refractivity contribution in [1.29, 1.82) is 0 Å². The van der Waals surface area contributed by atoms with Crippen LogP contribution in [0.5, 0.6) is 0 Å². The highest BCUT2D eigenvalue weighted by Gasteiger charge is 2.34. The monoisotopic (exact) mass is 525 g/mol. The molecule has 39 heavy (non-hydrogen) atoms. The molecule has 1 amide bonds. The van der Waals surface area contributed by atoms with Gasteiger partial charge in [0.05, 0.1) is 11.3 Å². The summed E-state index contributed by atoms with van der Waals surface area (Å²) < 4.78 is 1.78. The van der Waals surface area contributed by atoms with Crippen molar-refractivity contribution in [2.75, 3.05) is 42.9 Å². The number of piperidine rings is 1. The molecular formula is C30H35N7O2. The van der Waals surface area contributed by atoms with Crippen LogP contribution in [0.15, 0.2) is 66.9 Å². The molecule has 2 aliphatic rings. The maximum atomic E-state index is 12.5. The summed E-state index contributed by atoms with van der Waals surface area (Å²) in [5.41, 5.74) is 4.56. The van der Waals surface area contributed by atoms with Gasteiger partial charge >= 0.3 is 0 Å². The van der Waals surface area contributed by atoms with Crippen molar-refractivity contribution in [2.24, 2.45) is 5.92 Å². The number of benzene rings is 2. The Labute approximate surface area is 228 Å². The van der Waals surface area contributed by atoms with Gasteiger partial charge in [0.15, 0.2) is 5.65 Å². The molecule has 0 saturated carbocycles. The highest BCUT2D eigenvalue weighted by molar-refractivity contribution is 5.94. The van der Waals surface area contributed by atoms with E-state index in [-0.39, 0.29) is 5.91 Å². The van der Waals surface area contributed by atoms with Gasteiger partial charge in [0.1, 0.15) is 0 Å². The van der Waals surface area contributed by atoms with Crippen LogP contribution in [0.2, 0.25) is 0 Å². The first-order chi connectivity index (χ1) is 19.0. The maximum absolute atomic E-state index is 12.5. The van der Waals surface area contributed by atoms with Crippen molar-refractivity contribution in [3.05, 3.63) is 83.6 Å². The number of amides is 1. The minimum atomic E-state index is -0.813. The lowest BCUT2D eigenvalue weighted by Crippen LogP contribution is -2.42. The smallest absolute Gasteiger partial charge is 0.251 e. The minimum Gasteiger partial charge on any atom is -0.385 e. The number of carbonyl (C=O) groups excluding carboxylic acids is 1. The van der Waals surface area contributed by atoms with Crippen LogP contribution in [-0.2, 0) is 5.60 Å². The van der Waals surface area contributed by atoms with Crippen LogP contribution in [0.1, 0.15) is 40.7 Å². The molecule has 0 aliphatic carbocycles. The fourth-order valence-corrected chi connectivity index (χ4v) is 5.52. The third kappa shape index (κ3) is 5.46. The number of aromatic nitrogens is 3. The van der Waals surface area contributed by atoms with Crippen molar-refractivity contribution in [1.82, 2.24) is 25.2 Å². The number of aryl methyl sites for hydroxylation is 1. The normalized spacial score (nSPS) is 18.8. The van der Waals surface area contributed by atoms with E-state index in [2.05, 4.69) is 51.1 Å². The van der Waals surface area contributed by atoms with Crippen molar-refractivity contribution in [3.63, 3.8) is 0 Å². The topological polar surface area (TPSA) is 107 Å². The Balaban J connectivity index is 1.11. The molecule has 2 fully saturated rings. The number of carbonyl (C=O) groups is 1. The summed E-state index contributed by atoms with van der Waals surface area (Å²) in [7, 11) is 0. The summed E-state index contributed by atoms with van der Waals surface area (Å²) in [6.07, 6.45) is 4.28. The van der Waals surface area contributed by atoms with E-state index in [1.54, 1.807) is 4.52 Å². The Morgan fingerprint density at radius 2 is 1.87 bits per heavy atom. The van der Waals surface area contributed by atoms with Crippen molar-refractivity contribution in [2.45, 2.75) is 31.8 Å². The Kier molecular flexibility index (Phi) is 6.93. The van der Waals surface area contributed by atoms with E-state index >= 15 is 0 Å². The molecule has 0 bridgehead atoms. The summed E-state index contributed by atoms with van der Waals surface area (Å²) >= 11 is 0. The molecule has 4 heterocycles. The van der Waals surface area contributed by atoms with Gasteiger partial charge in [0.25, 0.3) is 5.91 Å². The number of rotatable bonds is 7. The van der Waals surface area contributed by atoms with Gasteiger partial charge in [-0.3, -0.25) is 4.79 Å². The molecule has 0 spiro atoms. The molecule has 0 radical (unpaired) electrons. The zero-order valence-corrected chi connectivity index (χ0v) is 22.2. The first-order valence-electron chi connectivity index (χ1n) is 13.7. The second-order valence-corrected chi connectivity index (χ2v) is 10.8. The van der Waals surface area contributed by atoms with Gasteiger partial charge in [0, 0.05) is 37.1 Å². The molecular weight excluding hydrogens is 490 g/mol. The predicted molar refractivity (Wildman–Crippen MR) is 153 cm³/mol. The number of hydrogen-bond acceptors (Lipinski definition) is 7. The minimum absolute atomic E-state index is 0.0558. The highest BCUT2D eigenvalue weighted by Crippen LogP contribution is 2.35. The summed E-state index contributed by atoms with van der Waals surface area (Å²) in [6, 6.07) is 19.6. The number of hydrogen-bond donors (Lipinski definition) is 4. The van der Waals surface area contributed by atoms with Gasteiger partial charge in [-0.2, -0.15) is 4.98 Å². The molecule has 202 valence electrons. The predicted octanol–water partition coefficient (Wildman–Crippen LogP) is 3.61. The van der Waals surface area contributed by atoms with Crippen LogP contribution in [-0.4, -0.2) is 58.3 Å². The second kappa shape index (κ2) is 10.7. The molecule has 2 aromatic heterocycles. The number of anilines is 3. The third-order valence-corrected chi connectivity index (χ3v) is 7.98. The molecule has 6 rings (SSSR count). The van der Waals surface area contributed by atoms with Crippen LogP contribution >= 0.6 is 0 Å². The Morgan fingerprint density at radius 1 is 1.10 bits per heavy atom. The third-order valence-electron chi connectivity index (χ3n) is 7.98. The highest BCUT2D eigenvalue weighted by atomic mass is 16.3. The molecule has 9 nitrogen and oxygen atoms in total. The van der Waals surface area contributed by atoms with Crippen molar-refractivity contribution < 1.29 is 9.90 Å². The molecule has 4 N–H and O–H groups in total.